The zero-order valence-corrected chi connectivity index (χ0v) is 12.2. The second kappa shape index (κ2) is 6.73. The van der Waals surface area contributed by atoms with Gasteiger partial charge in [0.15, 0.2) is 0 Å². The van der Waals surface area contributed by atoms with Gasteiger partial charge in [-0.2, -0.15) is 0 Å². The van der Waals surface area contributed by atoms with Crippen molar-refractivity contribution in [2.45, 2.75) is 19.9 Å². The van der Waals surface area contributed by atoms with E-state index in [4.69, 9.17) is 16.3 Å². The van der Waals surface area contributed by atoms with E-state index in [2.05, 4.69) is 5.32 Å². The Balaban J connectivity index is 2.34. The Morgan fingerprint density at radius 1 is 1.25 bits per heavy atom. The van der Waals surface area contributed by atoms with Crippen molar-refractivity contribution in [1.29, 1.82) is 0 Å². The lowest BCUT2D eigenvalue weighted by atomic mass is 10.1. The molecule has 106 valence electrons. The highest BCUT2D eigenvalue weighted by Gasteiger charge is 2.16. The molecule has 2 aromatic carbocycles. The summed E-state index contributed by atoms with van der Waals surface area (Å²) < 4.78 is 19.8. The smallest absolute Gasteiger partial charge is 0.135 e. The summed E-state index contributed by atoms with van der Waals surface area (Å²) in [4.78, 5) is 0. The molecule has 0 aliphatic rings. The summed E-state index contributed by atoms with van der Waals surface area (Å²) in [6, 6.07) is 11.8. The van der Waals surface area contributed by atoms with Gasteiger partial charge >= 0.3 is 0 Å². The van der Waals surface area contributed by atoms with Crippen molar-refractivity contribution in [3.8, 4) is 11.5 Å². The Bertz CT molecular complexity index is 588. The van der Waals surface area contributed by atoms with Crippen molar-refractivity contribution in [3.63, 3.8) is 0 Å². The second-order valence-corrected chi connectivity index (χ2v) is 4.93. The summed E-state index contributed by atoms with van der Waals surface area (Å²) >= 11 is 5.93. The summed E-state index contributed by atoms with van der Waals surface area (Å²) in [6.45, 7) is 4.65. The van der Waals surface area contributed by atoms with Crippen LogP contribution in [0, 0.1) is 5.82 Å². The molecule has 1 atom stereocenters. The SMILES string of the molecule is CCNC(C)c1c(F)cccc1Oc1cccc(Cl)c1. The number of benzene rings is 2. The van der Waals surface area contributed by atoms with Gasteiger partial charge in [0.25, 0.3) is 0 Å². The van der Waals surface area contributed by atoms with Crippen LogP contribution in [0.3, 0.4) is 0 Å². The molecule has 2 rings (SSSR count). The van der Waals surface area contributed by atoms with Crippen LogP contribution >= 0.6 is 11.6 Å². The molecule has 20 heavy (non-hydrogen) atoms. The van der Waals surface area contributed by atoms with Crippen molar-refractivity contribution >= 4 is 11.6 Å². The third-order valence-corrected chi connectivity index (χ3v) is 3.22. The highest BCUT2D eigenvalue weighted by Crippen LogP contribution is 2.32. The van der Waals surface area contributed by atoms with E-state index in [0.29, 0.717) is 22.1 Å². The van der Waals surface area contributed by atoms with Gasteiger partial charge in [-0.1, -0.05) is 30.7 Å². The molecule has 2 aromatic rings. The van der Waals surface area contributed by atoms with E-state index in [1.807, 2.05) is 13.8 Å². The largest absolute Gasteiger partial charge is 0.457 e. The molecule has 0 aliphatic carbocycles. The van der Waals surface area contributed by atoms with Crippen LogP contribution in [-0.2, 0) is 0 Å². The van der Waals surface area contributed by atoms with Crippen LogP contribution in [0.25, 0.3) is 0 Å². The Labute approximate surface area is 123 Å². The van der Waals surface area contributed by atoms with Gasteiger partial charge in [0.1, 0.15) is 17.3 Å². The number of rotatable bonds is 5. The van der Waals surface area contributed by atoms with Crippen LogP contribution in [0.2, 0.25) is 5.02 Å². The number of ether oxygens (including phenoxy) is 1. The van der Waals surface area contributed by atoms with Crippen LogP contribution in [0.4, 0.5) is 4.39 Å². The molecule has 0 saturated heterocycles. The van der Waals surface area contributed by atoms with Crippen LogP contribution in [0.5, 0.6) is 11.5 Å². The maximum absolute atomic E-state index is 14.1. The first-order valence-corrected chi connectivity index (χ1v) is 6.94. The fraction of sp³-hybridized carbons (Fsp3) is 0.250. The van der Waals surface area contributed by atoms with Crippen molar-refractivity contribution in [2.75, 3.05) is 6.54 Å². The number of halogens is 2. The molecule has 2 nitrogen and oxygen atoms in total. The van der Waals surface area contributed by atoms with Gasteiger partial charge in [-0.25, -0.2) is 4.39 Å². The summed E-state index contributed by atoms with van der Waals surface area (Å²) in [7, 11) is 0. The average molecular weight is 294 g/mol. The monoisotopic (exact) mass is 293 g/mol. The van der Waals surface area contributed by atoms with Gasteiger partial charge in [-0.05, 0) is 43.8 Å². The van der Waals surface area contributed by atoms with Gasteiger partial charge < -0.3 is 10.1 Å². The Hall–Kier alpha value is -1.58. The second-order valence-electron chi connectivity index (χ2n) is 4.49. The van der Waals surface area contributed by atoms with Gasteiger partial charge in [-0.15, -0.1) is 0 Å². The maximum atomic E-state index is 14.1. The van der Waals surface area contributed by atoms with Gasteiger partial charge in [-0.3, -0.25) is 0 Å². The third kappa shape index (κ3) is 3.50. The lowest BCUT2D eigenvalue weighted by molar-refractivity contribution is 0.448. The topological polar surface area (TPSA) is 21.3 Å². The highest BCUT2D eigenvalue weighted by atomic mass is 35.5. The molecule has 1 unspecified atom stereocenters. The number of nitrogens with one attached hydrogen (secondary N) is 1. The standard InChI is InChI=1S/C16H17ClFNO/c1-3-19-11(2)16-14(18)8-5-9-15(16)20-13-7-4-6-12(17)10-13/h4-11,19H,3H2,1-2H3. The third-order valence-electron chi connectivity index (χ3n) is 2.98. The van der Waals surface area contributed by atoms with E-state index in [0.717, 1.165) is 6.54 Å². The molecule has 0 aliphatic heterocycles. The van der Waals surface area contributed by atoms with Gasteiger partial charge in [0, 0.05) is 16.6 Å². The molecule has 1 N–H and O–H groups in total. The van der Waals surface area contributed by atoms with E-state index in [1.165, 1.54) is 6.07 Å². The lowest BCUT2D eigenvalue weighted by Crippen LogP contribution is -2.19. The van der Waals surface area contributed by atoms with Crippen molar-refractivity contribution in [1.82, 2.24) is 5.32 Å². The van der Waals surface area contributed by atoms with Crippen molar-refractivity contribution in [3.05, 3.63) is 58.9 Å². The summed E-state index contributed by atoms with van der Waals surface area (Å²) in [5.41, 5.74) is 0.523. The van der Waals surface area contributed by atoms with E-state index in [-0.39, 0.29) is 11.9 Å². The van der Waals surface area contributed by atoms with Crippen LogP contribution < -0.4 is 10.1 Å². The van der Waals surface area contributed by atoms with E-state index < -0.39 is 0 Å². The molecular formula is C16H17ClFNO. The number of hydrogen-bond acceptors (Lipinski definition) is 2. The lowest BCUT2D eigenvalue weighted by Gasteiger charge is -2.18. The predicted molar refractivity (Wildman–Crippen MR) is 80.0 cm³/mol. The minimum Gasteiger partial charge on any atom is -0.457 e. The van der Waals surface area contributed by atoms with Crippen LogP contribution in [0.15, 0.2) is 42.5 Å². The van der Waals surface area contributed by atoms with Crippen molar-refractivity contribution < 1.29 is 9.13 Å². The number of hydrogen-bond donors (Lipinski definition) is 1. The molecule has 0 amide bonds. The van der Waals surface area contributed by atoms with E-state index in [1.54, 1.807) is 36.4 Å². The molecule has 0 heterocycles. The Morgan fingerprint density at radius 3 is 2.70 bits per heavy atom. The van der Waals surface area contributed by atoms with Crippen LogP contribution in [-0.4, -0.2) is 6.54 Å². The molecule has 0 radical (unpaired) electrons. The van der Waals surface area contributed by atoms with Crippen LogP contribution in [0.1, 0.15) is 25.5 Å². The predicted octanol–water partition coefficient (Wildman–Crippen LogP) is 4.94. The highest BCUT2D eigenvalue weighted by molar-refractivity contribution is 6.30. The molecule has 0 saturated carbocycles. The Kier molecular flexibility index (Phi) is 4.99. The first-order valence-electron chi connectivity index (χ1n) is 6.57. The average Bonchev–Trinajstić information content (AvgIpc) is 2.39. The van der Waals surface area contributed by atoms with E-state index >= 15 is 0 Å². The molecule has 0 fully saturated rings. The minimum absolute atomic E-state index is 0.129. The van der Waals surface area contributed by atoms with Crippen molar-refractivity contribution in [2.24, 2.45) is 0 Å². The summed E-state index contributed by atoms with van der Waals surface area (Å²) in [6.07, 6.45) is 0. The molecule has 0 bridgehead atoms. The van der Waals surface area contributed by atoms with Gasteiger partial charge in [0.2, 0.25) is 0 Å². The molecular weight excluding hydrogens is 277 g/mol. The minimum atomic E-state index is -0.280. The summed E-state index contributed by atoms with van der Waals surface area (Å²) in [5.74, 6) is 0.812. The molecule has 0 aromatic heterocycles. The fourth-order valence-electron chi connectivity index (χ4n) is 2.09. The fourth-order valence-corrected chi connectivity index (χ4v) is 2.27. The quantitative estimate of drug-likeness (QED) is 0.843. The van der Waals surface area contributed by atoms with E-state index in [9.17, 15) is 4.39 Å². The molecule has 4 heteroatoms. The summed E-state index contributed by atoms with van der Waals surface area (Å²) in [5, 5.41) is 3.78. The first kappa shape index (κ1) is 14.8. The zero-order valence-electron chi connectivity index (χ0n) is 11.5. The molecule has 0 spiro atoms. The normalized spacial score (nSPS) is 12.2. The van der Waals surface area contributed by atoms with Gasteiger partial charge in [0.05, 0.1) is 0 Å². The zero-order chi connectivity index (χ0) is 14.5. The first-order chi connectivity index (χ1) is 9.61. The Morgan fingerprint density at radius 2 is 2.00 bits per heavy atom. The maximum Gasteiger partial charge on any atom is 0.135 e.